The maximum atomic E-state index is 12.2. The standard InChI is InChI=1S/C18H26N2O2/c1-3-14-4-6-15(7-5-14)16(21)8-9-17(22)20-11-10-18(2,12-19)13-20/h4-7H,3,8-13,19H2,1-2H3. The molecular formula is C18H26N2O2. The van der Waals surface area contributed by atoms with Gasteiger partial charge in [-0.2, -0.15) is 0 Å². The average Bonchev–Trinajstić information content (AvgIpc) is 2.95. The molecule has 4 heteroatoms. The number of hydrogen-bond acceptors (Lipinski definition) is 3. The van der Waals surface area contributed by atoms with Gasteiger partial charge in [0, 0.05) is 31.5 Å². The van der Waals surface area contributed by atoms with E-state index in [1.165, 1.54) is 5.56 Å². The molecule has 1 aliphatic rings. The predicted molar refractivity (Wildman–Crippen MR) is 87.7 cm³/mol. The first-order valence-corrected chi connectivity index (χ1v) is 8.07. The summed E-state index contributed by atoms with van der Waals surface area (Å²) in [6, 6.07) is 7.66. The lowest BCUT2D eigenvalue weighted by Crippen LogP contribution is -2.34. The van der Waals surface area contributed by atoms with E-state index in [1.54, 1.807) is 0 Å². The zero-order valence-electron chi connectivity index (χ0n) is 13.6. The van der Waals surface area contributed by atoms with Crippen molar-refractivity contribution >= 4 is 11.7 Å². The van der Waals surface area contributed by atoms with E-state index in [0.29, 0.717) is 18.7 Å². The van der Waals surface area contributed by atoms with Crippen LogP contribution in [0.15, 0.2) is 24.3 Å². The molecule has 1 fully saturated rings. The van der Waals surface area contributed by atoms with Crippen LogP contribution >= 0.6 is 0 Å². The second-order valence-electron chi connectivity index (χ2n) is 6.55. The van der Waals surface area contributed by atoms with Crippen LogP contribution in [0.1, 0.15) is 49.0 Å². The molecule has 1 aliphatic heterocycles. The molecule has 0 saturated carbocycles. The Bertz CT molecular complexity index is 539. The van der Waals surface area contributed by atoms with Crippen LogP contribution in [0.2, 0.25) is 0 Å². The monoisotopic (exact) mass is 302 g/mol. The van der Waals surface area contributed by atoms with E-state index in [0.717, 1.165) is 19.4 Å². The van der Waals surface area contributed by atoms with E-state index in [-0.39, 0.29) is 29.9 Å². The molecule has 1 amide bonds. The molecule has 1 unspecified atom stereocenters. The molecule has 0 aromatic heterocycles. The van der Waals surface area contributed by atoms with E-state index in [4.69, 9.17) is 5.73 Å². The highest BCUT2D eigenvalue weighted by atomic mass is 16.2. The van der Waals surface area contributed by atoms with Crippen molar-refractivity contribution in [3.05, 3.63) is 35.4 Å². The van der Waals surface area contributed by atoms with Crippen LogP contribution in [0.4, 0.5) is 0 Å². The van der Waals surface area contributed by atoms with Crippen molar-refractivity contribution in [3.63, 3.8) is 0 Å². The van der Waals surface area contributed by atoms with Gasteiger partial charge in [-0.1, -0.05) is 38.1 Å². The summed E-state index contributed by atoms with van der Waals surface area (Å²) in [5, 5.41) is 0. The van der Waals surface area contributed by atoms with Crippen LogP contribution < -0.4 is 5.73 Å². The number of nitrogens with two attached hydrogens (primary N) is 1. The lowest BCUT2D eigenvalue weighted by atomic mass is 9.90. The number of amides is 1. The minimum absolute atomic E-state index is 0.0374. The van der Waals surface area contributed by atoms with Gasteiger partial charge in [0.2, 0.25) is 5.91 Å². The largest absolute Gasteiger partial charge is 0.342 e. The molecule has 1 aromatic carbocycles. The minimum atomic E-state index is 0.0374. The third-order valence-corrected chi connectivity index (χ3v) is 4.65. The Kier molecular flexibility index (Phi) is 5.35. The van der Waals surface area contributed by atoms with Crippen molar-refractivity contribution < 1.29 is 9.59 Å². The van der Waals surface area contributed by atoms with Gasteiger partial charge in [0.1, 0.15) is 0 Å². The van der Waals surface area contributed by atoms with Gasteiger partial charge in [-0.3, -0.25) is 9.59 Å². The van der Waals surface area contributed by atoms with Crippen molar-refractivity contribution in [1.82, 2.24) is 4.90 Å². The second kappa shape index (κ2) is 7.05. The predicted octanol–water partition coefficient (Wildman–Crippen LogP) is 2.41. The highest BCUT2D eigenvalue weighted by Crippen LogP contribution is 2.29. The highest BCUT2D eigenvalue weighted by Gasteiger charge is 2.34. The fourth-order valence-corrected chi connectivity index (χ4v) is 2.85. The van der Waals surface area contributed by atoms with Crippen molar-refractivity contribution in [1.29, 1.82) is 0 Å². The Morgan fingerprint density at radius 2 is 1.91 bits per heavy atom. The number of Topliss-reactive ketones (excluding diaryl/α,β-unsaturated/α-hetero) is 1. The lowest BCUT2D eigenvalue weighted by Gasteiger charge is -2.22. The van der Waals surface area contributed by atoms with E-state index in [1.807, 2.05) is 29.2 Å². The molecule has 1 atom stereocenters. The van der Waals surface area contributed by atoms with Gasteiger partial charge < -0.3 is 10.6 Å². The van der Waals surface area contributed by atoms with Crippen LogP contribution in [0, 0.1) is 5.41 Å². The van der Waals surface area contributed by atoms with Crippen molar-refractivity contribution in [2.75, 3.05) is 19.6 Å². The summed E-state index contributed by atoms with van der Waals surface area (Å²) in [5.74, 6) is 0.104. The number of likely N-dealkylation sites (tertiary alicyclic amines) is 1. The van der Waals surface area contributed by atoms with Gasteiger partial charge >= 0.3 is 0 Å². The first kappa shape index (κ1) is 16.7. The zero-order chi connectivity index (χ0) is 16.2. The van der Waals surface area contributed by atoms with Gasteiger partial charge in [-0.25, -0.2) is 0 Å². The normalized spacial score (nSPS) is 21.1. The van der Waals surface area contributed by atoms with Crippen molar-refractivity contribution in [2.45, 2.75) is 39.5 Å². The van der Waals surface area contributed by atoms with E-state index in [2.05, 4.69) is 13.8 Å². The molecule has 1 saturated heterocycles. The smallest absolute Gasteiger partial charge is 0.223 e. The number of ketones is 1. The summed E-state index contributed by atoms with van der Waals surface area (Å²) in [7, 11) is 0. The molecule has 0 bridgehead atoms. The van der Waals surface area contributed by atoms with Crippen LogP contribution in [-0.4, -0.2) is 36.2 Å². The van der Waals surface area contributed by atoms with Gasteiger partial charge in [0.25, 0.3) is 0 Å². The van der Waals surface area contributed by atoms with E-state index in [9.17, 15) is 9.59 Å². The van der Waals surface area contributed by atoms with Gasteiger partial charge in [0.05, 0.1) is 0 Å². The Balaban J connectivity index is 1.84. The summed E-state index contributed by atoms with van der Waals surface area (Å²) >= 11 is 0. The summed E-state index contributed by atoms with van der Waals surface area (Å²) in [5.41, 5.74) is 7.70. The summed E-state index contributed by atoms with van der Waals surface area (Å²) in [6.07, 6.45) is 2.47. The minimum Gasteiger partial charge on any atom is -0.342 e. The third-order valence-electron chi connectivity index (χ3n) is 4.65. The first-order valence-electron chi connectivity index (χ1n) is 8.07. The number of rotatable bonds is 6. The number of hydrogen-bond donors (Lipinski definition) is 1. The summed E-state index contributed by atoms with van der Waals surface area (Å²) < 4.78 is 0. The number of carbonyl (C=O) groups excluding carboxylic acids is 2. The van der Waals surface area contributed by atoms with Gasteiger partial charge in [0.15, 0.2) is 5.78 Å². The van der Waals surface area contributed by atoms with Crippen LogP contribution in [0.25, 0.3) is 0 Å². The van der Waals surface area contributed by atoms with E-state index < -0.39 is 0 Å². The van der Waals surface area contributed by atoms with E-state index >= 15 is 0 Å². The topological polar surface area (TPSA) is 63.4 Å². The number of nitrogens with zero attached hydrogens (tertiary/aromatic N) is 1. The molecule has 120 valence electrons. The molecule has 0 spiro atoms. The molecule has 0 radical (unpaired) electrons. The molecule has 4 nitrogen and oxygen atoms in total. The fourth-order valence-electron chi connectivity index (χ4n) is 2.85. The second-order valence-corrected chi connectivity index (χ2v) is 6.55. The number of aryl methyl sites for hydroxylation is 1. The lowest BCUT2D eigenvalue weighted by molar-refractivity contribution is -0.130. The first-order chi connectivity index (χ1) is 10.5. The zero-order valence-corrected chi connectivity index (χ0v) is 13.6. The maximum Gasteiger partial charge on any atom is 0.223 e. The van der Waals surface area contributed by atoms with Crippen molar-refractivity contribution in [3.8, 4) is 0 Å². The van der Waals surface area contributed by atoms with Crippen LogP contribution in [0.3, 0.4) is 0 Å². The molecular weight excluding hydrogens is 276 g/mol. The van der Waals surface area contributed by atoms with Crippen LogP contribution in [0.5, 0.6) is 0 Å². The van der Waals surface area contributed by atoms with Gasteiger partial charge in [-0.15, -0.1) is 0 Å². The molecule has 1 aromatic rings. The SMILES string of the molecule is CCc1ccc(C(=O)CCC(=O)N2CCC(C)(CN)C2)cc1. The molecule has 1 heterocycles. The Morgan fingerprint density at radius 1 is 1.23 bits per heavy atom. The number of carbonyl (C=O) groups is 2. The van der Waals surface area contributed by atoms with Gasteiger partial charge in [-0.05, 0) is 30.4 Å². The maximum absolute atomic E-state index is 12.2. The Labute approximate surface area is 132 Å². The molecule has 2 rings (SSSR count). The fraction of sp³-hybridized carbons (Fsp3) is 0.556. The quantitative estimate of drug-likeness (QED) is 0.821. The summed E-state index contributed by atoms with van der Waals surface area (Å²) in [4.78, 5) is 26.2. The third kappa shape index (κ3) is 3.95. The summed E-state index contributed by atoms with van der Waals surface area (Å²) in [6.45, 7) is 6.26. The van der Waals surface area contributed by atoms with Crippen LogP contribution in [-0.2, 0) is 11.2 Å². The molecule has 2 N–H and O–H groups in total. The highest BCUT2D eigenvalue weighted by molar-refractivity contribution is 5.98. The molecule has 22 heavy (non-hydrogen) atoms. The van der Waals surface area contributed by atoms with Crippen molar-refractivity contribution in [2.24, 2.45) is 11.1 Å². The average molecular weight is 302 g/mol. The molecule has 0 aliphatic carbocycles. The Morgan fingerprint density at radius 3 is 2.45 bits per heavy atom. The Hall–Kier alpha value is -1.68. The number of benzene rings is 1.